The summed E-state index contributed by atoms with van der Waals surface area (Å²) in [5.74, 6) is 0.249. The van der Waals surface area contributed by atoms with E-state index in [1.54, 1.807) is 0 Å². The molecule has 0 aliphatic heterocycles. The van der Waals surface area contributed by atoms with Crippen LogP contribution in [0.2, 0.25) is 0 Å². The van der Waals surface area contributed by atoms with Gasteiger partial charge in [0.2, 0.25) is 4.54 Å². The molecule has 0 unspecified atom stereocenters. The summed E-state index contributed by atoms with van der Waals surface area (Å²) in [5, 5.41) is 5.39. The fourth-order valence-corrected chi connectivity index (χ4v) is 1.80. The van der Waals surface area contributed by atoms with E-state index in [2.05, 4.69) is 15.4 Å². The molecule has 0 radical (unpaired) electrons. The topological polar surface area (TPSA) is 68.2 Å². The van der Waals surface area contributed by atoms with E-state index in [4.69, 9.17) is 0 Å². The van der Waals surface area contributed by atoms with E-state index in [1.165, 1.54) is 0 Å². The van der Waals surface area contributed by atoms with Gasteiger partial charge in [-0.15, -0.1) is 0 Å². The summed E-state index contributed by atoms with van der Waals surface area (Å²) in [5.41, 5.74) is -0.608. The van der Waals surface area contributed by atoms with Crippen LogP contribution in [-0.4, -0.2) is 37.2 Å². The van der Waals surface area contributed by atoms with Gasteiger partial charge in [-0.25, -0.2) is 4.98 Å². The van der Waals surface area contributed by atoms with Crippen molar-refractivity contribution >= 4 is 17.0 Å². The Morgan fingerprint density at radius 2 is 2.10 bits per heavy atom. The van der Waals surface area contributed by atoms with E-state index in [-0.39, 0.29) is 17.0 Å². The van der Waals surface area contributed by atoms with Crippen molar-refractivity contribution in [3.8, 4) is 0 Å². The summed E-state index contributed by atoms with van der Waals surface area (Å²) in [6.45, 7) is 1.24. The van der Waals surface area contributed by atoms with Gasteiger partial charge in [0.05, 0.1) is 17.0 Å². The Morgan fingerprint density at radius 3 is 2.71 bits per heavy atom. The Morgan fingerprint density at radius 1 is 1.38 bits per heavy atom. The highest BCUT2D eigenvalue weighted by atomic mass is 19.4. The molecule has 0 aliphatic rings. The van der Waals surface area contributed by atoms with Crippen molar-refractivity contribution in [2.75, 3.05) is 32.5 Å². The number of alkyl halides is 3. The van der Waals surface area contributed by atoms with Gasteiger partial charge in [-0.1, -0.05) is 0 Å². The fourth-order valence-electron chi connectivity index (χ4n) is 1.80. The Labute approximate surface area is 118 Å². The number of rotatable bonds is 4. The molecule has 1 aromatic carbocycles. The number of anilines is 1. The number of H-pyrrole nitrogens is 2. The molecule has 0 fully saturated rings. The molecular formula is C12H16F3N5O+2. The van der Waals surface area contributed by atoms with Crippen LogP contribution in [0, 0.1) is 4.91 Å². The minimum atomic E-state index is -4.45. The third-order valence-electron chi connectivity index (χ3n) is 2.88. The monoisotopic (exact) mass is 303 g/mol. The summed E-state index contributed by atoms with van der Waals surface area (Å²) in [4.78, 5) is 16.4. The van der Waals surface area contributed by atoms with Crippen molar-refractivity contribution < 1.29 is 22.7 Å². The molecule has 21 heavy (non-hydrogen) atoms. The highest BCUT2D eigenvalue weighted by Gasteiger charge is 2.32. The van der Waals surface area contributed by atoms with Gasteiger partial charge >= 0.3 is 17.6 Å². The molecule has 2 aromatic rings. The molecule has 3 N–H and O–H groups in total. The van der Waals surface area contributed by atoms with Gasteiger partial charge in [0.1, 0.15) is 0 Å². The van der Waals surface area contributed by atoms with Gasteiger partial charge in [0, 0.05) is 17.7 Å². The second-order valence-electron chi connectivity index (χ2n) is 4.87. The molecule has 9 heteroatoms. The molecule has 2 rings (SSSR count). The first-order valence-electron chi connectivity index (χ1n) is 6.25. The molecule has 6 nitrogen and oxygen atoms in total. The summed E-state index contributed by atoms with van der Waals surface area (Å²) < 4.78 is 38.5. The molecule has 0 bridgehead atoms. The number of aromatic nitrogens is 3. The SMILES string of the molecule is CN(C)CCNc1[nH][n+](=O)c2ccc(C(F)(F)F)cc2[nH+]1. The zero-order chi connectivity index (χ0) is 15.6. The van der Waals surface area contributed by atoms with Crippen molar-refractivity contribution in [1.82, 2.24) is 10.00 Å². The second-order valence-corrected chi connectivity index (χ2v) is 4.87. The molecule has 0 saturated carbocycles. The predicted molar refractivity (Wildman–Crippen MR) is 70.3 cm³/mol. The molecule has 0 spiro atoms. The first-order valence-corrected chi connectivity index (χ1v) is 6.25. The highest BCUT2D eigenvalue weighted by Crippen LogP contribution is 2.29. The maximum Gasteiger partial charge on any atom is 0.416 e. The molecule has 0 aliphatic carbocycles. The molecule has 1 aromatic heterocycles. The lowest BCUT2D eigenvalue weighted by Crippen LogP contribution is -2.32. The number of hydrogen-bond acceptors (Lipinski definition) is 3. The van der Waals surface area contributed by atoms with Crippen molar-refractivity contribution in [3.63, 3.8) is 0 Å². The molecule has 1 heterocycles. The average molecular weight is 303 g/mol. The van der Waals surface area contributed by atoms with Crippen LogP contribution < -0.4 is 14.8 Å². The first-order chi connectivity index (χ1) is 9.77. The maximum atomic E-state index is 12.7. The first kappa shape index (κ1) is 15.2. The summed E-state index contributed by atoms with van der Waals surface area (Å²) in [6.07, 6.45) is -4.45. The highest BCUT2D eigenvalue weighted by molar-refractivity contribution is 5.68. The van der Waals surface area contributed by atoms with Gasteiger partial charge < -0.3 is 4.90 Å². The van der Waals surface area contributed by atoms with E-state index in [0.717, 1.165) is 18.2 Å². The van der Waals surface area contributed by atoms with Crippen molar-refractivity contribution in [2.24, 2.45) is 0 Å². The van der Waals surface area contributed by atoms with Crippen LogP contribution in [0.1, 0.15) is 5.56 Å². The number of benzene rings is 1. The van der Waals surface area contributed by atoms with E-state index in [1.807, 2.05) is 19.0 Å². The molecule has 0 atom stereocenters. The lowest BCUT2D eigenvalue weighted by Gasteiger charge is -2.07. The van der Waals surface area contributed by atoms with Crippen LogP contribution in [0.25, 0.3) is 11.0 Å². The predicted octanol–water partition coefficient (Wildman–Crippen LogP) is 0.889. The largest absolute Gasteiger partial charge is 0.416 e. The van der Waals surface area contributed by atoms with Crippen LogP contribution in [0.4, 0.5) is 19.1 Å². The van der Waals surface area contributed by atoms with Crippen LogP contribution in [0.15, 0.2) is 18.2 Å². The number of likely N-dealkylation sites (N-methyl/N-ethyl adjacent to an activating group) is 1. The van der Waals surface area contributed by atoms with Gasteiger partial charge in [-0.3, -0.25) is 5.32 Å². The van der Waals surface area contributed by atoms with E-state index in [9.17, 15) is 18.1 Å². The molecule has 0 amide bonds. The van der Waals surface area contributed by atoms with Gasteiger partial charge in [-0.2, -0.15) is 13.2 Å². The summed E-state index contributed by atoms with van der Waals surface area (Å²) >= 11 is 0. The standard InChI is InChI=1S/C12H15F3N5O/c1-19(2)6-5-16-11-17-9-7-8(12(13,14)15)3-4-10(9)20(21)18-11/h3-4,7H,5-6H2,1-2H3,(H2,16,17,18,21)/q+1/p+1. The Hall–Kier alpha value is -2.16. The molecule has 0 saturated heterocycles. The number of halogens is 3. The minimum Gasteiger partial charge on any atom is -0.306 e. The molecular weight excluding hydrogens is 287 g/mol. The number of nitrogens with zero attached hydrogens (tertiary/aromatic N) is 2. The summed E-state index contributed by atoms with van der Waals surface area (Å²) in [6, 6.07) is 2.91. The smallest absolute Gasteiger partial charge is 0.306 e. The minimum absolute atomic E-state index is 0.0983. The normalized spacial score (nSPS) is 12.1. The number of aromatic amines is 2. The third kappa shape index (κ3) is 3.69. The quantitative estimate of drug-likeness (QED) is 0.824. The zero-order valence-corrected chi connectivity index (χ0v) is 11.6. The summed E-state index contributed by atoms with van der Waals surface area (Å²) in [7, 11) is 3.78. The van der Waals surface area contributed by atoms with Gasteiger partial charge in [0.15, 0.2) is 5.52 Å². The lowest BCUT2D eigenvalue weighted by molar-refractivity contribution is -0.552. The lowest BCUT2D eigenvalue weighted by atomic mass is 10.2. The number of hydrogen-bond donors (Lipinski definition) is 2. The van der Waals surface area contributed by atoms with E-state index >= 15 is 0 Å². The Balaban J connectivity index is 2.35. The molecule has 114 valence electrons. The van der Waals surface area contributed by atoms with Gasteiger partial charge in [-0.05, 0) is 26.2 Å². The second kappa shape index (κ2) is 5.68. The number of nitrogens with one attached hydrogen (secondary N) is 3. The fraction of sp³-hybridized carbons (Fsp3) is 0.417. The van der Waals surface area contributed by atoms with Crippen LogP contribution >= 0.6 is 0 Å². The zero-order valence-electron chi connectivity index (χ0n) is 11.6. The van der Waals surface area contributed by atoms with E-state index < -0.39 is 11.7 Å². The Bertz CT molecular complexity index is 695. The number of fused-ring (bicyclic) bond motifs is 1. The van der Waals surface area contributed by atoms with Crippen LogP contribution in [0.3, 0.4) is 0 Å². The van der Waals surface area contributed by atoms with Crippen molar-refractivity contribution in [3.05, 3.63) is 28.7 Å². The van der Waals surface area contributed by atoms with Crippen molar-refractivity contribution in [2.45, 2.75) is 6.18 Å². The third-order valence-corrected chi connectivity index (χ3v) is 2.88. The van der Waals surface area contributed by atoms with Gasteiger partial charge in [0.25, 0.3) is 0 Å². The maximum absolute atomic E-state index is 12.7. The average Bonchev–Trinajstić information content (AvgIpc) is 2.36. The van der Waals surface area contributed by atoms with Crippen LogP contribution in [-0.2, 0) is 6.18 Å². The van der Waals surface area contributed by atoms with Crippen molar-refractivity contribution in [1.29, 1.82) is 0 Å². The Kier molecular flexibility index (Phi) is 4.12. The van der Waals surface area contributed by atoms with E-state index in [0.29, 0.717) is 17.6 Å². The van der Waals surface area contributed by atoms with Crippen LogP contribution in [0.5, 0.6) is 0 Å².